The zero-order valence-corrected chi connectivity index (χ0v) is 26.1. The smallest absolute Gasteiger partial charge is 0.408 e. The molecule has 0 aliphatic rings. The van der Waals surface area contributed by atoms with Crippen LogP contribution in [-0.2, 0) is 22.6 Å². The van der Waals surface area contributed by atoms with Crippen molar-refractivity contribution in [1.29, 1.82) is 5.26 Å². The number of halogens is 2. The number of carbonyl (C=O) groups excluding carboxylic acids is 1. The molecule has 4 rings (SSSR count). The van der Waals surface area contributed by atoms with Gasteiger partial charge in [-0.15, -0.1) is 0 Å². The number of hydrogen-bond acceptors (Lipinski definition) is 6. The molecule has 2 heterocycles. The van der Waals surface area contributed by atoms with Gasteiger partial charge in [0.05, 0.1) is 41.7 Å². The Kier molecular flexibility index (Phi) is 9.72. The van der Waals surface area contributed by atoms with E-state index in [2.05, 4.69) is 35.3 Å². The fraction of sp³-hybridized carbons (Fsp3) is 0.375. The second-order valence-electron chi connectivity index (χ2n) is 12.2. The molecule has 0 aliphatic heterocycles. The Morgan fingerprint density at radius 3 is 2.49 bits per heavy atom. The number of nitrogens with zero attached hydrogens (tertiary/aromatic N) is 4. The normalized spacial score (nSPS) is 13.0. The zero-order valence-electron chi connectivity index (χ0n) is 25.3. The molecule has 0 fully saturated rings. The predicted octanol–water partition coefficient (Wildman–Crippen LogP) is 6.72. The first-order chi connectivity index (χ1) is 20.2. The molecule has 0 spiro atoms. The first kappa shape index (κ1) is 31.9. The number of pyridine rings is 1. The van der Waals surface area contributed by atoms with Crippen molar-refractivity contribution in [2.24, 2.45) is 0 Å². The highest BCUT2D eigenvalue weighted by Gasteiger charge is 2.26. The molecular formula is C32H37F2N5O3S. The van der Waals surface area contributed by atoms with Crippen molar-refractivity contribution in [2.45, 2.75) is 45.6 Å². The zero-order chi connectivity index (χ0) is 31.4. The van der Waals surface area contributed by atoms with Gasteiger partial charge in [0.25, 0.3) is 0 Å². The number of aromatic nitrogens is 3. The Hall–Kier alpha value is -4.01. The van der Waals surface area contributed by atoms with Crippen molar-refractivity contribution in [2.75, 3.05) is 31.1 Å². The summed E-state index contributed by atoms with van der Waals surface area (Å²) in [4.78, 5) is 17.9. The number of ether oxygens (including phenoxy) is 2. The number of hydrogen-bond donors (Lipinski definition) is 1. The average Bonchev–Trinajstić information content (AvgIpc) is 3.29. The predicted molar refractivity (Wildman–Crippen MR) is 166 cm³/mol. The van der Waals surface area contributed by atoms with Crippen molar-refractivity contribution in [3.8, 4) is 17.2 Å². The molecule has 43 heavy (non-hydrogen) atoms. The molecule has 1 N–H and O–H groups in total. The molecule has 0 radical (unpaired) electrons. The molecule has 2 aromatic carbocycles. The van der Waals surface area contributed by atoms with Crippen LogP contribution in [0.25, 0.3) is 22.2 Å². The lowest BCUT2D eigenvalue weighted by atomic mass is 9.94. The molecule has 8 nitrogen and oxygen atoms in total. The van der Waals surface area contributed by atoms with Gasteiger partial charge in [0.15, 0.2) is 0 Å². The number of fused-ring (bicyclic) bond motifs is 1. The van der Waals surface area contributed by atoms with E-state index in [1.807, 2.05) is 12.1 Å². The lowest BCUT2D eigenvalue weighted by molar-refractivity contribution is 0.0502. The number of carbonyl (C=O) groups is 1. The van der Waals surface area contributed by atoms with Crippen molar-refractivity contribution >= 4 is 27.2 Å². The minimum absolute atomic E-state index is 0.0176. The summed E-state index contributed by atoms with van der Waals surface area (Å²) in [6.45, 7) is 6.04. The van der Waals surface area contributed by atoms with Crippen LogP contribution < -0.4 is 5.32 Å². The number of amides is 1. The number of nitrogens with one attached hydrogen (secondary N) is 1. The maximum Gasteiger partial charge on any atom is 0.408 e. The third-order valence-corrected chi connectivity index (χ3v) is 7.79. The van der Waals surface area contributed by atoms with E-state index in [0.29, 0.717) is 45.6 Å². The van der Waals surface area contributed by atoms with Gasteiger partial charge < -0.3 is 14.8 Å². The van der Waals surface area contributed by atoms with E-state index in [4.69, 9.17) is 14.5 Å². The molecule has 11 heteroatoms. The van der Waals surface area contributed by atoms with Gasteiger partial charge >= 0.3 is 6.09 Å². The second-order valence-corrected chi connectivity index (χ2v) is 16.8. The summed E-state index contributed by atoms with van der Waals surface area (Å²) >= 11 is 0. The van der Waals surface area contributed by atoms with Gasteiger partial charge in [-0.1, -0.05) is 12.1 Å². The van der Waals surface area contributed by atoms with Crippen LogP contribution in [0.2, 0.25) is 0 Å². The molecule has 0 saturated heterocycles. The highest BCUT2D eigenvalue weighted by Crippen LogP contribution is 2.34. The van der Waals surface area contributed by atoms with Gasteiger partial charge in [0.2, 0.25) is 0 Å². The van der Waals surface area contributed by atoms with Crippen molar-refractivity contribution in [3.63, 3.8) is 0 Å². The number of benzene rings is 2. The van der Waals surface area contributed by atoms with Crippen molar-refractivity contribution in [1.82, 2.24) is 20.1 Å². The van der Waals surface area contributed by atoms with Crippen molar-refractivity contribution in [3.05, 3.63) is 83.2 Å². The minimum Gasteiger partial charge on any atom is -0.444 e. The molecule has 2 aromatic heterocycles. The second kappa shape index (κ2) is 13.1. The van der Waals surface area contributed by atoms with Gasteiger partial charge in [-0.05, 0) is 87.4 Å². The molecule has 0 bridgehead atoms. The summed E-state index contributed by atoms with van der Waals surface area (Å²) < 4.78 is 41.5. The lowest BCUT2D eigenvalue weighted by Gasteiger charge is -2.25. The van der Waals surface area contributed by atoms with Gasteiger partial charge in [-0.25, -0.2) is 33.3 Å². The molecule has 0 aliphatic carbocycles. The lowest BCUT2D eigenvalue weighted by Crippen LogP contribution is -2.36. The van der Waals surface area contributed by atoms with Crippen LogP contribution in [0.5, 0.6) is 0 Å². The maximum atomic E-state index is 14.2. The van der Waals surface area contributed by atoms with Crippen LogP contribution >= 0.6 is 10.0 Å². The summed E-state index contributed by atoms with van der Waals surface area (Å²) in [7, 11) is -0.710. The first-order valence-electron chi connectivity index (χ1n) is 13.8. The Morgan fingerprint density at radius 2 is 1.84 bits per heavy atom. The van der Waals surface area contributed by atoms with E-state index in [1.54, 1.807) is 49.8 Å². The summed E-state index contributed by atoms with van der Waals surface area (Å²) in [5.41, 5.74) is 2.93. The SMILES string of the molecule is CC(C)(C)OC(=O)N[C@@H](Cc1cc(F)cc(F)c1)c1nc2cnn(COCCS(C)(C)C)c2cc1-c1cccc(C#N)c1. The van der Waals surface area contributed by atoms with Crippen LogP contribution in [0.3, 0.4) is 0 Å². The summed E-state index contributed by atoms with van der Waals surface area (Å²) in [6, 6.07) is 13.4. The van der Waals surface area contributed by atoms with Crippen molar-refractivity contribution < 1.29 is 23.0 Å². The molecule has 4 aromatic rings. The fourth-order valence-corrected chi connectivity index (χ4v) is 5.08. The Morgan fingerprint density at radius 1 is 1.12 bits per heavy atom. The minimum atomic E-state index is -0.851. The third kappa shape index (κ3) is 8.99. The van der Waals surface area contributed by atoms with E-state index in [1.165, 1.54) is 12.1 Å². The molecule has 1 amide bonds. The third-order valence-electron chi connectivity index (χ3n) is 6.40. The quantitative estimate of drug-likeness (QED) is 0.200. The largest absolute Gasteiger partial charge is 0.444 e. The Balaban J connectivity index is 1.82. The van der Waals surface area contributed by atoms with Crippen LogP contribution in [0.4, 0.5) is 13.6 Å². The van der Waals surface area contributed by atoms with Crippen LogP contribution in [0.1, 0.15) is 43.6 Å². The maximum absolute atomic E-state index is 14.2. The molecule has 0 unspecified atom stereocenters. The first-order valence-corrected chi connectivity index (χ1v) is 16.8. The summed E-state index contributed by atoms with van der Waals surface area (Å²) in [6.07, 6.45) is 7.60. The topological polar surface area (TPSA) is 102 Å². The summed E-state index contributed by atoms with van der Waals surface area (Å²) in [5.74, 6) is -0.504. The molecule has 228 valence electrons. The fourth-order valence-electron chi connectivity index (χ4n) is 4.47. The van der Waals surface area contributed by atoms with Crippen LogP contribution in [0, 0.1) is 23.0 Å². The Bertz CT molecular complexity index is 1630. The van der Waals surface area contributed by atoms with Gasteiger partial charge in [-0.2, -0.15) is 10.4 Å². The monoisotopic (exact) mass is 609 g/mol. The highest BCUT2D eigenvalue weighted by atomic mass is 32.3. The summed E-state index contributed by atoms with van der Waals surface area (Å²) in [5, 5.41) is 16.9. The number of rotatable bonds is 10. The van der Waals surface area contributed by atoms with Crippen LogP contribution in [-0.4, -0.2) is 57.6 Å². The standard InChI is InChI=1S/C32H37F2N5O3S/c1-32(2,3)42-31(40)38-27(15-22-13-24(33)16-25(34)14-22)30-26(23-9-7-8-21(12-23)18-35)17-29-28(37-30)19-36-39(29)20-41-10-11-43(4,5)6/h7-9,12-14,16-17,19,27H,10-11,15,20H2,1-6H3,(H,38,40)/t27-/m0/s1. The number of alkyl carbamates (subject to hydrolysis) is 1. The van der Waals surface area contributed by atoms with E-state index < -0.39 is 39.4 Å². The molecule has 1 atom stereocenters. The molecule has 0 saturated carbocycles. The van der Waals surface area contributed by atoms with E-state index >= 15 is 0 Å². The number of nitriles is 1. The highest BCUT2D eigenvalue weighted by molar-refractivity contribution is 8.32. The Labute approximate surface area is 252 Å². The van der Waals surface area contributed by atoms with Gasteiger partial charge in [0, 0.05) is 17.4 Å². The van der Waals surface area contributed by atoms with Gasteiger partial charge in [0.1, 0.15) is 29.5 Å². The van der Waals surface area contributed by atoms with Gasteiger partial charge in [-0.3, -0.25) is 0 Å². The van der Waals surface area contributed by atoms with Crippen LogP contribution in [0.15, 0.2) is 54.7 Å². The van der Waals surface area contributed by atoms with E-state index in [9.17, 15) is 18.8 Å². The molecular weight excluding hydrogens is 572 g/mol. The average molecular weight is 610 g/mol. The van der Waals surface area contributed by atoms with E-state index in [0.717, 1.165) is 11.8 Å². The van der Waals surface area contributed by atoms with E-state index in [-0.39, 0.29) is 13.2 Å².